The molecule has 1 fully saturated rings. The van der Waals surface area contributed by atoms with Crippen molar-refractivity contribution in [3.8, 4) is 0 Å². The number of nitrogens with two attached hydrogens (primary N) is 1. The zero-order chi connectivity index (χ0) is 15.6. The van der Waals surface area contributed by atoms with Crippen LogP contribution in [0.25, 0.3) is 0 Å². The molecule has 1 aromatic rings. The van der Waals surface area contributed by atoms with Gasteiger partial charge in [0.05, 0.1) is 17.3 Å². The molecule has 0 spiro atoms. The molecule has 116 valence electrons. The van der Waals surface area contributed by atoms with Gasteiger partial charge in [-0.2, -0.15) is 0 Å². The number of pyridine rings is 1. The van der Waals surface area contributed by atoms with E-state index >= 15 is 0 Å². The van der Waals surface area contributed by atoms with Gasteiger partial charge in [-0.15, -0.1) is 0 Å². The SMILES string of the molecule is CC(C)(C)C1CCC(=O)N(Cc2nc(N)ccc2Cl)CC1. The minimum absolute atomic E-state index is 0.182. The van der Waals surface area contributed by atoms with E-state index in [2.05, 4.69) is 25.8 Å². The van der Waals surface area contributed by atoms with Gasteiger partial charge < -0.3 is 10.6 Å². The Balaban J connectivity index is 2.10. The maximum atomic E-state index is 12.3. The molecule has 2 rings (SSSR count). The Morgan fingerprint density at radius 3 is 2.76 bits per heavy atom. The minimum Gasteiger partial charge on any atom is -0.384 e. The molecule has 1 aromatic heterocycles. The van der Waals surface area contributed by atoms with Gasteiger partial charge >= 0.3 is 0 Å². The lowest BCUT2D eigenvalue weighted by molar-refractivity contribution is -0.131. The maximum Gasteiger partial charge on any atom is 0.222 e. The zero-order valence-electron chi connectivity index (χ0n) is 13.0. The standard InChI is InChI=1S/C16H24ClN3O/c1-16(2,3)11-4-7-15(21)20(9-8-11)10-13-12(17)5-6-14(18)19-13/h5-6,11H,4,7-10H2,1-3H3,(H2,18,19). The normalized spacial score (nSPS) is 20.5. The first-order chi connectivity index (χ1) is 9.77. The van der Waals surface area contributed by atoms with E-state index in [0.717, 1.165) is 19.4 Å². The summed E-state index contributed by atoms with van der Waals surface area (Å²) in [5.41, 5.74) is 6.62. The number of rotatable bonds is 2. The Kier molecular flexibility index (Phi) is 4.77. The van der Waals surface area contributed by atoms with Gasteiger partial charge in [0, 0.05) is 13.0 Å². The predicted molar refractivity (Wildman–Crippen MR) is 85.9 cm³/mol. The summed E-state index contributed by atoms with van der Waals surface area (Å²) in [5.74, 6) is 1.18. The second-order valence-corrected chi connectivity index (χ2v) is 7.28. The largest absolute Gasteiger partial charge is 0.384 e. The highest BCUT2D eigenvalue weighted by atomic mass is 35.5. The highest BCUT2D eigenvalue weighted by Gasteiger charge is 2.30. The minimum atomic E-state index is 0.182. The lowest BCUT2D eigenvalue weighted by Crippen LogP contribution is -2.30. The Labute approximate surface area is 131 Å². The fourth-order valence-electron chi connectivity index (χ4n) is 2.86. The lowest BCUT2D eigenvalue weighted by atomic mass is 9.77. The molecule has 1 saturated heterocycles. The third-order valence-corrected chi connectivity index (χ3v) is 4.66. The van der Waals surface area contributed by atoms with Crippen molar-refractivity contribution in [2.24, 2.45) is 11.3 Å². The van der Waals surface area contributed by atoms with Crippen LogP contribution < -0.4 is 5.73 Å². The zero-order valence-corrected chi connectivity index (χ0v) is 13.8. The molecule has 2 heterocycles. The molecule has 21 heavy (non-hydrogen) atoms. The molecule has 0 bridgehead atoms. The van der Waals surface area contributed by atoms with E-state index in [4.69, 9.17) is 17.3 Å². The molecule has 4 nitrogen and oxygen atoms in total. The number of hydrogen-bond donors (Lipinski definition) is 1. The number of nitrogen functional groups attached to an aromatic ring is 1. The van der Waals surface area contributed by atoms with Crippen molar-refractivity contribution in [2.45, 2.75) is 46.6 Å². The number of carbonyl (C=O) groups is 1. The molecule has 1 atom stereocenters. The Morgan fingerprint density at radius 2 is 2.10 bits per heavy atom. The quantitative estimate of drug-likeness (QED) is 0.909. The van der Waals surface area contributed by atoms with E-state index in [-0.39, 0.29) is 11.3 Å². The van der Waals surface area contributed by atoms with Crippen LogP contribution in [0.5, 0.6) is 0 Å². The van der Waals surface area contributed by atoms with Gasteiger partial charge in [0.2, 0.25) is 5.91 Å². The van der Waals surface area contributed by atoms with E-state index in [0.29, 0.717) is 35.4 Å². The number of likely N-dealkylation sites (tertiary alicyclic amines) is 1. The van der Waals surface area contributed by atoms with Gasteiger partial charge in [0.25, 0.3) is 0 Å². The number of carbonyl (C=O) groups excluding carboxylic acids is 1. The van der Waals surface area contributed by atoms with E-state index < -0.39 is 0 Å². The molecular weight excluding hydrogens is 286 g/mol. The number of amides is 1. The van der Waals surface area contributed by atoms with Crippen molar-refractivity contribution in [2.75, 3.05) is 12.3 Å². The Morgan fingerprint density at radius 1 is 1.38 bits per heavy atom. The van der Waals surface area contributed by atoms with E-state index in [1.165, 1.54) is 0 Å². The molecule has 1 aliphatic heterocycles. The number of nitrogens with zero attached hydrogens (tertiary/aromatic N) is 2. The van der Waals surface area contributed by atoms with E-state index in [9.17, 15) is 4.79 Å². The molecule has 5 heteroatoms. The van der Waals surface area contributed by atoms with Crippen LogP contribution in [0, 0.1) is 11.3 Å². The topological polar surface area (TPSA) is 59.2 Å². The van der Waals surface area contributed by atoms with Gasteiger partial charge in [-0.1, -0.05) is 32.4 Å². The maximum absolute atomic E-state index is 12.3. The van der Waals surface area contributed by atoms with Crippen LogP contribution in [-0.2, 0) is 11.3 Å². The van der Waals surface area contributed by atoms with Crippen LogP contribution in [0.2, 0.25) is 5.02 Å². The van der Waals surface area contributed by atoms with Crippen molar-refractivity contribution in [3.63, 3.8) is 0 Å². The molecule has 0 radical (unpaired) electrons. The summed E-state index contributed by atoms with van der Waals surface area (Å²) >= 11 is 6.15. The second-order valence-electron chi connectivity index (χ2n) is 6.87. The molecule has 1 amide bonds. The molecule has 2 N–H and O–H groups in total. The first-order valence-electron chi connectivity index (χ1n) is 7.46. The first kappa shape index (κ1) is 16.1. The lowest BCUT2D eigenvalue weighted by Gasteiger charge is -2.29. The van der Waals surface area contributed by atoms with Crippen LogP contribution in [-0.4, -0.2) is 22.3 Å². The number of halogens is 1. The van der Waals surface area contributed by atoms with E-state index in [1.54, 1.807) is 12.1 Å². The highest BCUT2D eigenvalue weighted by Crippen LogP contribution is 2.35. The van der Waals surface area contributed by atoms with Crippen molar-refractivity contribution in [1.29, 1.82) is 0 Å². The summed E-state index contributed by atoms with van der Waals surface area (Å²) in [6.07, 6.45) is 2.58. The summed E-state index contributed by atoms with van der Waals surface area (Å²) < 4.78 is 0. The summed E-state index contributed by atoms with van der Waals surface area (Å²) in [4.78, 5) is 18.4. The summed E-state index contributed by atoms with van der Waals surface area (Å²) in [7, 11) is 0. The van der Waals surface area contributed by atoms with Crippen molar-refractivity contribution in [3.05, 3.63) is 22.8 Å². The van der Waals surface area contributed by atoms with Gasteiger partial charge in [0.15, 0.2) is 0 Å². The third kappa shape index (κ3) is 4.10. The van der Waals surface area contributed by atoms with Crippen LogP contribution in [0.1, 0.15) is 45.7 Å². The van der Waals surface area contributed by atoms with Crippen LogP contribution >= 0.6 is 11.6 Å². The second kappa shape index (κ2) is 6.22. The van der Waals surface area contributed by atoms with Gasteiger partial charge in [0.1, 0.15) is 5.82 Å². The summed E-state index contributed by atoms with van der Waals surface area (Å²) in [6, 6.07) is 3.41. The monoisotopic (exact) mass is 309 g/mol. The summed E-state index contributed by atoms with van der Waals surface area (Å²) in [5, 5.41) is 0.564. The predicted octanol–water partition coefficient (Wildman–Crippen LogP) is 3.49. The van der Waals surface area contributed by atoms with Crippen LogP contribution in [0.3, 0.4) is 0 Å². The molecule has 0 aromatic carbocycles. The number of aromatic nitrogens is 1. The molecule has 0 saturated carbocycles. The molecular formula is C16H24ClN3O. The number of hydrogen-bond acceptors (Lipinski definition) is 3. The Bertz CT molecular complexity index is 525. The van der Waals surface area contributed by atoms with Gasteiger partial charge in [-0.05, 0) is 36.3 Å². The van der Waals surface area contributed by atoms with Gasteiger partial charge in [-0.3, -0.25) is 4.79 Å². The fourth-order valence-corrected chi connectivity index (χ4v) is 3.03. The van der Waals surface area contributed by atoms with Gasteiger partial charge in [-0.25, -0.2) is 4.98 Å². The molecule has 1 aliphatic rings. The van der Waals surface area contributed by atoms with Crippen LogP contribution in [0.15, 0.2) is 12.1 Å². The summed E-state index contributed by atoms with van der Waals surface area (Å²) in [6.45, 7) is 7.93. The molecule has 0 aliphatic carbocycles. The van der Waals surface area contributed by atoms with Crippen molar-refractivity contribution in [1.82, 2.24) is 9.88 Å². The molecule has 1 unspecified atom stereocenters. The number of anilines is 1. The smallest absolute Gasteiger partial charge is 0.222 e. The highest BCUT2D eigenvalue weighted by molar-refractivity contribution is 6.31. The average molecular weight is 310 g/mol. The van der Waals surface area contributed by atoms with Crippen molar-refractivity contribution < 1.29 is 4.79 Å². The van der Waals surface area contributed by atoms with Crippen LogP contribution in [0.4, 0.5) is 5.82 Å². The Hall–Kier alpha value is -1.29. The van der Waals surface area contributed by atoms with Crippen molar-refractivity contribution >= 4 is 23.3 Å². The fraction of sp³-hybridized carbons (Fsp3) is 0.625. The van der Waals surface area contributed by atoms with E-state index in [1.807, 2.05) is 4.90 Å². The average Bonchev–Trinajstić information content (AvgIpc) is 2.56. The third-order valence-electron chi connectivity index (χ3n) is 4.31. The first-order valence-corrected chi connectivity index (χ1v) is 7.84.